The first-order chi connectivity index (χ1) is 6.12. The smallest absolute Gasteiger partial charge is 0.198 e. The van der Waals surface area contributed by atoms with E-state index in [1.54, 1.807) is 0 Å². The van der Waals surface area contributed by atoms with Crippen molar-refractivity contribution < 1.29 is 12.7 Å². The Morgan fingerprint density at radius 1 is 1.46 bits per heavy atom. The van der Waals surface area contributed by atoms with Crippen LogP contribution in [0.3, 0.4) is 0 Å². The van der Waals surface area contributed by atoms with Gasteiger partial charge in [0.05, 0.1) is 5.75 Å². The molecule has 0 unspecified atom stereocenters. The number of unbranched alkanes of at least 4 members (excludes halogenated alkanes) is 2. The van der Waals surface area contributed by atoms with Gasteiger partial charge in [-0.05, 0) is 6.42 Å². The summed E-state index contributed by atoms with van der Waals surface area (Å²) in [5.41, 5.74) is 2.30. The van der Waals surface area contributed by atoms with Crippen LogP contribution in [0.25, 0.3) is 0 Å². The van der Waals surface area contributed by atoms with Gasteiger partial charge in [-0.3, -0.25) is 0 Å². The van der Waals surface area contributed by atoms with Gasteiger partial charge in [-0.1, -0.05) is 25.8 Å². The van der Waals surface area contributed by atoms with E-state index in [2.05, 4.69) is 16.3 Å². The van der Waals surface area contributed by atoms with Gasteiger partial charge in [0.15, 0.2) is 0 Å². The number of hydrogen-bond donors (Lipinski definition) is 1. The molecule has 0 saturated carbocycles. The van der Waals surface area contributed by atoms with Crippen molar-refractivity contribution in [3.8, 4) is 0 Å². The van der Waals surface area contributed by atoms with Crippen molar-refractivity contribution in [3.05, 3.63) is 12.7 Å². The van der Waals surface area contributed by atoms with E-state index < -0.39 is 10.1 Å². The largest absolute Gasteiger partial charge is 0.283 e. The van der Waals surface area contributed by atoms with Crippen LogP contribution in [-0.2, 0) is 14.4 Å². The van der Waals surface area contributed by atoms with Crippen LogP contribution in [0.4, 0.5) is 0 Å². The van der Waals surface area contributed by atoms with Crippen molar-refractivity contribution in [1.82, 2.24) is 5.48 Å². The summed E-state index contributed by atoms with van der Waals surface area (Å²) in [6.07, 6.45) is 4.08. The van der Waals surface area contributed by atoms with Crippen LogP contribution in [0.5, 0.6) is 0 Å². The average molecular weight is 207 g/mol. The lowest BCUT2D eigenvalue weighted by atomic mass is 10.3. The van der Waals surface area contributed by atoms with E-state index in [1.807, 2.05) is 6.92 Å². The Labute approximate surface area is 80.1 Å². The summed E-state index contributed by atoms with van der Waals surface area (Å²) >= 11 is 0. The number of hydrogen-bond acceptors (Lipinski definition) is 4. The summed E-state index contributed by atoms with van der Waals surface area (Å²) in [5.74, 6) is 0.0744. The monoisotopic (exact) mass is 207 g/mol. The molecule has 1 N–H and O–H groups in total. The summed E-state index contributed by atoms with van der Waals surface area (Å²) < 4.78 is 26.6. The molecule has 0 aliphatic heterocycles. The molecule has 0 bridgehead atoms. The van der Waals surface area contributed by atoms with Gasteiger partial charge in [0.25, 0.3) is 10.1 Å². The van der Waals surface area contributed by atoms with E-state index in [9.17, 15) is 8.42 Å². The zero-order valence-corrected chi connectivity index (χ0v) is 8.77. The van der Waals surface area contributed by atoms with Crippen LogP contribution in [0.15, 0.2) is 12.7 Å². The highest BCUT2D eigenvalue weighted by Crippen LogP contribution is 1.99. The fraction of sp³-hybridized carbons (Fsp3) is 0.750. The second kappa shape index (κ2) is 7.06. The van der Waals surface area contributed by atoms with Crippen molar-refractivity contribution >= 4 is 10.1 Å². The van der Waals surface area contributed by atoms with Crippen molar-refractivity contribution in [1.29, 1.82) is 0 Å². The molecular weight excluding hydrogens is 190 g/mol. The Kier molecular flexibility index (Phi) is 6.84. The zero-order valence-electron chi connectivity index (χ0n) is 7.95. The van der Waals surface area contributed by atoms with Crippen LogP contribution in [0.2, 0.25) is 0 Å². The maximum absolute atomic E-state index is 11.1. The first-order valence-electron chi connectivity index (χ1n) is 4.37. The first kappa shape index (κ1) is 12.6. The molecule has 0 aromatic rings. The molecule has 0 aliphatic carbocycles. The summed E-state index contributed by atoms with van der Waals surface area (Å²) in [6.45, 7) is 5.76. The maximum Gasteiger partial charge on any atom is 0.283 e. The molecule has 0 spiro atoms. The van der Waals surface area contributed by atoms with Gasteiger partial charge < -0.3 is 0 Å². The van der Waals surface area contributed by atoms with Gasteiger partial charge >= 0.3 is 0 Å². The lowest BCUT2D eigenvalue weighted by molar-refractivity contribution is 0.216. The highest BCUT2D eigenvalue weighted by molar-refractivity contribution is 7.86. The summed E-state index contributed by atoms with van der Waals surface area (Å²) in [6, 6.07) is 0. The molecule has 78 valence electrons. The SMILES string of the molecule is C=CCNOS(=O)(=O)CCCCC. The van der Waals surface area contributed by atoms with Crippen molar-refractivity contribution in [3.63, 3.8) is 0 Å². The van der Waals surface area contributed by atoms with Crippen LogP contribution >= 0.6 is 0 Å². The van der Waals surface area contributed by atoms with Gasteiger partial charge in [-0.15, -0.1) is 6.58 Å². The van der Waals surface area contributed by atoms with E-state index in [4.69, 9.17) is 0 Å². The Balaban J connectivity index is 3.61. The lowest BCUT2D eigenvalue weighted by Crippen LogP contribution is -2.22. The summed E-state index contributed by atoms with van der Waals surface area (Å²) in [4.78, 5) is 0. The van der Waals surface area contributed by atoms with Gasteiger partial charge in [0, 0.05) is 6.54 Å². The van der Waals surface area contributed by atoms with Gasteiger partial charge in [-0.2, -0.15) is 18.2 Å². The van der Waals surface area contributed by atoms with E-state index in [0.717, 1.165) is 12.8 Å². The molecule has 0 atom stereocenters. The Bertz CT molecular complexity index is 224. The predicted octanol–water partition coefficient (Wildman–Crippen LogP) is 1.21. The van der Waals surface area contributed by atoms with Gasteiger partial charge in [0.2, 0.25) is 0 Å². The molecule has 13 heavy (non-hydrogen) atoms. The third kappa shape index (κ3) is 7.95. The van der Waals surface area contributed by atoms with Crippen molar-refractivity contribution in [2.45, 2.75) is 26.2 Å². The van der Waals surface area contributed by atoms with Crippen molar-refractivity contribution in [2.24, 2.45) is 0 Å². The molecule has 0 amide bonds. The maximum atomic E-state index is 11.1. The summed E-state index contributed by atoms with van der Waals surface area (Å²) in [5, 5.41) is 0. The van der Waals surface area contributed by atoms with E-state index in [-0.39, 0.29) is 5.75 Å². The van der Waals surface area contributed by atoms with E-state index in [1.165, 1.54) is 6.08 Å². The van der Waals surface area contributed by atoms with E-state index >= 15 is 0 Å². The minimum absolute atomic E-state index is 0.0744. The second-order valence-corrected chi connectivity index (χ2v) is 4.38. The van der Waals surface area contributed by atoms with Gasteiger partial charge in [-0.25, -0.2) is 0 Å². The minimum atomic E-state index is -3.38. The third-order valence-electron chi connectivity index (χ3n) is 1.41. The third-order valence-corrected chi connectivity index (χ3v) is 2.57. The molecule has 5 heteroatoms. The summed E-state index contributed by atoms with van der Waals surface area (Å²) in [7, 11) is -3.38. The number of rotatable bonds is 8. The second-order valence-electron chi connectivity index (χ2n) is 2.69. The molecule has 0 rings (SSSR count). The standard InChI is InChI=1S/C8H17NO3S/c1-3-5-6-8-13(10,11)12-9-7-4-2/h4,9H,2-3,5-8H2,1H3. The molecule has 0 fully saturated rings. The quantitative estimate of drug-likeness (QED) is 0.369. The fourth-order valence-electron chi connectivity index (χ4n) is 0.753. The average Bonchev–Trinajstić information content (AvgIpc) is 2.05. The Morgan fingerprint density at radius 2 is 2.15 bits per heavy atom. The van der Waals surface area contributed by atoms with Crippen LogP contribution in [0.1, 0.15) is 26.2 Å². The molecular formula is C8H17NO3S. The normalized spacial score (nSPS) is 11.5. The molecule has 0 aromatic carbocycles. The highest BCUT2D eigenvalue weighted by Gasteiger charge is 2.09. The molecule has 0 heterocycles. The van der Waals surface area contributed by atoms with E-state index in [0.29, 0.717) is 13.0 Å². The van der Waals surface area contributed by atoms with Crippen LogP contribution < -0.4 is 5.48 Å². The Morgan fingerprint density at radius 3 is 2.69 bits per heavy atom. The van der Waals surface area contributed by atoms with Crippen LogP contribution in [-0.4, -0.2) is 20.7 Å². The molecule has 0 aliphatic rings. The highest BCUT2D eigenvalue weighted by atomic mass is 32.2. The first-order valence-corrected chi connectivity index (χ1v) is 5.95. The zero-order chi connectivity index (χ0) is 10.2. The molecule has 0 saturated heterocycles. The number of nitrogens with one attached hydrogen (secondary N) is 1. The minimum Gasteiger partial charge on any atom is -0.198 e. The molecule has 0 aromatic heterocycles. The van der Waals surface area contributed by atoms with Crippen molar-refractivity contribution in [2.75, 3.05) is 12.3 Å². The fourth-order valence-corrected chi connectivity index (χ4v) is 1.64. The lowest BCUT2D eigenvalue weighted by Gasteiger charge is -2.03. The Hall–Kier alpha value is -0.390. The van der Waals surface area contributed by atoms with Gasteiger partial charge in [0.1, 0.15) is 0 Å². The predicted molar refractivity (Wildman–Crippen MR) is 52.6 cm³/mol. The topological polar surface area (TPSA) is 55.4 Å². The van der Waals surface area contributed by atoms with Crippen LogP contribution in [0, 0.1) is 0 Å². The molecule has 4 nitrogen and oxygen atoms in total. The molecule has 0 radical (unpaired) electrons. The number of hydroxylamine groups is 1.